The first kappa shape index (κ1) is 11.3. The van der Waals surface area contributed by atoms with Crippen LogP contribution in [0.2, 0.25) is 0 Å². The zero-order chi connectivity index (χ0) is 10.6. The number of hydrogen-bond acceptors (Lipinski definition) is 3. The number of halogens is 1. The molecule has 0 fully saturated rings. The van der Waals surface area contributed by atoms with Crippen LogP contribution in [0.5, 0.6) is 0 Å². The summed E-state index contributed by atoms with van der Waals surface area (Å²) >= 11 is 2.17. The molecule has 0 aliphatic rings. The molecule has 1 N–H and O–H groups in total. The lowest BCUT2D eigenvalue weighted by molar-refractivity contribution is 0.0600. The lowest BCUT2D eigenvalue weighted by atomic mass is 10.2. The van der Waals surface area contributed by atoms with Crippen LogP contribution in [-0.2, 0) is 4.74 Å². The molecule has 0 aliphatic carbocycles. The van der Waals surface area contributed by atoms with Crippen LogP contribution in [0.3, 0.4) is 0 Å². The van der Waals surface area contributed by atoms with Gasteiger partial charge in [-0.1, -0.05) is 0 Å². The van der Waals surface area contributed by atoms with Gasteiger partial charge in [0.05, 0.1) is 12.7 Å². The highest BCUT2D eigenvalue weighted by atomic mass is 127. The third-order valence-electron chi connectivity index (χ3n) is 1.70. The van der Waals surface area contributed by atoms with Gasteiger partial charge < -0.3 is 10.1 Å². The number of benzene rings is 1. The van der Waals surface area contributed by atoms with Crippen molar-refractivity contribution in [1.29, 1.82) is 0 Å². The molecule has 0 saturated heterocycles. The highest BCUT2D eigenvalue weighted by Gasteiger charge is 2.07. The first-order valence-corrected chi connectivity index (χ1v) is 5.38. The summed E-state index contributed by atoms with van der Waals surface area (Å²) in [4.78, 5) is 11.3. The molecule has 0 spiro atoms. The van der Waals surface area contributed by atoms with E-state index in [9.17, 15) is 4.79 Å². The second-order valence-electron chi connectivity index (χ2n) is 2.75. The number of carbonyl (C=O) groups is 1. The fourth-order valence-electron chi connectivity index (χ4n) is 1.13. The molecule has 1 aromatic carbocycles. The second-order valence-corrected chi connectivity index (χ2v) is 4.00. The molecule has 3 nitrogen and oxygen atoms in total. The monoisotopic (exact) mass is 305 g/mol. The lowest BCUT2D eigenvalue weighted by Crippen LogP contribution is -2.04. The number of hydrogen-bond donors (Lipinski definition) is 1. The maximum atomic E-state index is 11.3. The number of anilines is 1. The molecule has 0 amide bonds. The topological polar surface area (TPSA) is 38.3 Å². The average molecular weight is 305 g/mol. The third kappa shape index (κ3) is 2.87. The van der Waals surface area contributed by atoms with E-state index in [1.807, 2.05) is 13.0 Å². The molecule has 0 radical (unpaired) electrons. The Labute approximate surface area is 97.0 Å². The number of nitrogens with one attached hydrogen (secondary N) is 1. The van der Waals surface area contributed by atoms with Gasteiger partial charge in [0, 0.05) is 15.8 Å². The first-order valence-electron chi connectivity index (χ1n) is 4.30. The summed E-state index contributed by atoms with van der Waals surface area (Å²) in [5.41, 5.74) is 1.52. The van der Waals surface area contributed by atoms with Gasteiger partial charge in [0.2, 0.25) is 0 Å². The van der Waals surface area contributed by atoms with E-state index in [-0.39, 0.29) is 5.97 Å². The Balaban J connectivity index is 3.00. The molecule has 1 rings (SSSR count). The quantitative estimate of drug-likeness (QED) is 0.689. The molecule has 0 bridgehead atoms. The first-order chi connectivity index (χ1) is 6.67. The van der Waals surface area contributed by atoms with Gasteiger partial charge in [0.25, 0.3) is 0 Å². The number of rotatable bonds is 3. The van der Waals surface area contributed by atoms with Crippen LogP contribution in [0.4, 0.5) is 5.69 Å². The second kappa shape index (κ2) is 5.19. The summed E-state index contributed by atoms with van der Waals surface area (Å²) in [5, 5.41) is 3.16. The molecule has 1 aromatic rings. The van der Waals surface area contributed by atoms with Crippen LogP contribution in [-0.4, -0.2) is 19.6 Å². The van der Waals surface area contributed by atoms with Crippen LogP contribution < -0.4 is 5.32 Å². The molecule has 0 aromatic heterocycles. The van der Waals surface area contributed by atoms with Crippen LogP contribution in [0.1, 0.15) is 17.3 Å². The van der Waals surface area contributed by atoms with E-state index in [0.29, 0.717) is 5.56 Å². The summed E-state index contributed by atoms with van der Waals surface area (Å²) in [7, 11) is 1.38. The Kier molecular flexibility index (Phi) is 4.19. The van der Waals surface area contributed by atoms with Crippen LogP contribution in [0.25, 0.3) is 0 Å². The third-order valence-corrected chi connectivity index (χ3v) is 2.32. The molecule has 4 heteroatoms. The predicted octanol–water partition coefficient (Wildman–Crippen LogP) is 2.51. The van der Waals surface area contributed by atoms with Gasteiger partial charge in [-0.25, -0.2) is 4.79 Å². The Morgan fingerprint density at radius 1 is 1.50 bits per heavy atom. The lowest BCUT2D eigenvalue weighted by Gasteiger charge is -2.06. The Morgan fingerprint density at radius 3 is 2.79 bits per heavy atom. The standard InChI is InChI=1S/C10H12INO2/c1-3-12-9-5-7(10(13)14-2)4-8(11)6-9/h4-6,12H,3H2,1-2H3. The predicted molar refractivity (Wildman–Crippen MR) is 64.7 cm³/mol. The normalized spacial score (nSPS) is 9.64. The molecule has 14 heavy (non-hydrogen) atoms. The molecule has 0 unspecified atom stereocenters. The average Bonchev–Trinajstić information content (AvgIpc) is 2.16. The molecule has 76 valence electrons. The Hall–Kier alpha value is -0.780. The van der Waals surface area contributed by atoms with Gasteiger partial charge in [0.15, 0.2) is 0 Å². The van der Waals surface area contributed by atoms with Crippen molar-refractivity contribution in [2.75, 3.05) is 19.0 Å². The van der Waals surface area contributed by atoms with E-state index in [1.54, 1.807) is 12.1 Å². The van der Waals surface area contributed by atoms with Crippen molar-refractivity contribution in [3.05, 3.63) is 27.3 Å². The number of carbonyl (C=O) groups excluding carboxylic acids is 1. The van der Waals surface area contributed by atoms with Gasteiger partial charge >= 0.3 is 5.97 Å². The molecule has 0 aliphatic heterocycles. The van der Waals surface area contributed by atoms with E-state index >= 15 is 0 Å². The van der Waals surface area contributed by atoms with E-state index in [4.69, 9.17) is 0 Å². The van der Waals surface area contributed by atoms with Crippen molar-refractivity contribution >= 4 is 34.2 Å². The molecule has 0 saturated carbocycles. The molecular formula is C10H12INO2. The minimum absolute atomic E-state index is 0.303. The van der Waals surface area contributed by atoms with E-state index in [1.165, 1.54) is 7.11 Å². The largest absolute Gasteiger partial charge is 0.465 e. The maximum absolute atomic E-state index is 11.3. The Morgan fingerprint density at radius 2 is 2.21 bits per heavy atom. The van der Waals surface area contributed by atoms with Gasteiger partial charge in [0.1, 0.15) is 0 Å². The number of methoxy groups -OCH3 is 1. The van der Waals surface area contributed by atoms with Crippen molar-refractivity contribution in [3.63, 3.8) is 0 Å². The van der Waals surface area contributed by atoms with Gasteiger partial charge in [-0.3, -0.25) is 0 Å². The SMILES string of the molecule is CCNc1cc(I)cc(C(=O)OC)c1. The zero-order valence-corrected chi connectivity index (χ0v) is 10.3. The summed E-state index contributed by atoms with van der Waals surface area (Å²) in [6.45, 7) is 2.85. The van der Waals surface area contributed by atoms with Crippen LogP contribution in [0, 0.1) is 3.57 Å². The van der Waals surface area contributed by atoms with Gasteiger partial charge in [-0.15, -0.1) is 0 Å². The molecule has 0 atom stereocenters. The number of ether oxygens (including phenoxy) is 1. The van der Waals surface area contributed by atoms with Crippen LogP contribution in [0.15, 0.2) is 18.2 Å². The van der Waals surface area contributed by atoms with E-state index in [0.717, 1.165) is 15.8 Å². The highest BCUT2D eigenvalue weighted by molar-refractivity contribution is 14.1. The fourth-order valence-corrected chi connectivity index (χ4v) is 1.80. The van der Waals surface area contributed by atoms with Gasteiger partial charge in [-0.2, -0.15) is 0 Å². The summed E-state index contributed by atoms with van der Waals surface area (Å²) in [6, 6.07) is 5.57. The van der Waals surface area contributed by atoms with Crippen LogP contribution >= 0.6 is 22.6 Å². The highest BCUT2D eigenvalue weighted by Crippen LogP contribution is 2.17. The fraction of sp³-hybridized carbons (Fsp3) is 0.300. The minimum Gasteiger partial charge on any atom is -0.465 e. The summed E-state index contributed by atoms with van der Waals surface area (Å²) in [6.07, 6.45) is 0. The van der Waals surface area contributed by atoms with Crippen molar-refractivity contribution in [1.82, 2.24) is 0 Å². The van der Waals surface area contributed by atoms with E-state index < -0.39 is 0 Å². The summed E-state index contributed by atoms with van der Waals surface area (Å²) < 4.78 is 5.67. The molecular weight excluding hydrogens is 293 g/mol. The molecule has 0 heterocycles. The van der Waals surface area contributed by atoms with Crippen molar-refractivity contribution in [2.45, 2.75) is 6.92 Å². The van der Waals surface area contributed by atoms with E-state index in [2.05, 4.69) is 32.6 Å². The van der Waals surface area contributed by atoms with Crippen molar-refractivity contribution in [2.24, 2.45) is 0 Å². The maximum Gasteiger partial charge on any atom is 0.337 e. The smallest absolute Gasteiger partial charge is 0.337 e. The van der Waals surface area contributed by atoms with Crippen molar-refractivity contribution in [3.8, 4) is 0 Å². The zero-order valence-electron chi connectivity index (χ0n) is 8.13. The number of esters is 1. The Bertz CT molecular complexity index is 339. The van der Waals surface area contributed by atoms with Crippen molar-refractivity contribution < 1.29 is 9.53 Å². The summed E-state index contributed by atoms with van der Waals surface area (Å²) in [5.74, 6) is -0.303. The minimum atomic E-state index is -0.303. The van der Waals surface area contributed by atoms with Gasteiger partial charge in [-0.05, 0) is 47.7 Å².